The average molecular weight is 258 g/mol. The Bertz CT molecular complexity index is 325. The number of aliphatic hydroxyl groups is 1. The van der Waals surface area contributed by atoms with Crippen LogP contribution in [-0.2, 0) is 18.9 Å². The van der Waals surface area contributed by atoms with E-state index >= 15 is 0 Å². The molecule has 2 aliphatic rings. The van der Waals surface area contributed by atoms with E-state index in [0.717, 1.165) is 0 Å². The number of hydrogen-bond acceptors (Lipinski definition) is 5. The van der Waals surface area contributed by atoms with Gasteiger partial charge in [0.25, 0.3) is 0 Å². The Hall–Kier alpha value is -0.460. The fraction of sp³-hybridized carbons (Fsp3) is 0.846. The van der Waals surface area contributed by atoms with Gasteiger partial charge in [0.1, 0.15) is 24.4 Å². The largest absolute Gasteiger partial charge is 0.386 e. The molecule has 0 bridgehead atoms. The lowest BCUT2D eigenvalue weighted by Crippen LogP contribution is -2.43. The Morgan fingerprint density at radius 1 is 1.17 bits per heavy atom. The quantitative estimate of drug-likeness (QED) is 0.771. The molecule has 0 amide bonds. The molecule has 2 aliphatic heterocycles. The summed E-state index contributed by atoms with van der Waals surface area (Å²) in [6.07, 6.45) is -0.441. The Kier molecular flexibility index (Phi) is 3.55. The predicted octanol–water partition coefficient (Wildman–Crippen LogP) is 1.20. The van der Waals surface area contributed by atoms with Gasteiger partial charge >= 0.3 is 0 Å². The van der Waals surface area contributed by atoms with E-state index in [9.17, 15) is 5.11 Å². The Morgan fingerprint density at radius 3 is 2.33 bits per heavy atom. The maximum absolute atomic E-state index is 9.93. The third kappa shape index (κ3) is 2.75. The van der Waals surface area contributed by atoms with E-state index in [2.05, 4.69) is 6.58 Å². The standard InChI is InChI=1S/C13H22O5/c1-6-8(14)10-11(18-13(4,5)17-10)9-7-15-12(2,3)16-9/h6,8-11,14H,1,7H2,2-5H3/t8-,9-,10+,11+/m1/s1. The number of aliphatic hydroxyl groups excluding tert-OH is 1. The maximum Gasteiger partial charge on any atom is 0.164 e. The van der Waals surface area contributed by atoms with Crippen molar-refractivity contribution in [1.29, 1.82) is 0 Å². The highest BCUT2D eigenvalue weighted by Gasteiger charge is 2.51. The summed E-state index contributed by atoms with van der Waals surface area (Å²) in [5.74, 6) is -1.36. The van der Waals surface area contributed by atoms with Crippen molar-refractivity contribution >= 4 is 0 Å². The molecule has 4 atom stereocenters. The van der Waals surface area contributed by atoms with Gasteiger partial charge in [-0.2, -0.15) is 0 Å². The van der Waals surface area contributed by atoms with Gasteiger partial charge in [-0.15, -0.1) is 6.58 Å². The van der Waals surface area contributed by atoms with E-state index in [1.807, 2.05) is 27.7 Å². The smallest absolute Gasteiger partial charge is 0.164 e. The number of hydrogen-bond donors (Lipinski definition) is 1. The molecule has 0 aromatic rings. The molecule has 2 saturated heterocycles. The molecule has 2 heterocycles. The average Bonchev–Trinajstić information content (AvgIpc) is 2.77. The van der Waals surface area contributed by atoms with Crippen molar-refractivity contribution < 1.29 is 24.1 Å². The van der Waals surface area contributed by atoms with Crippen molar-refractivity contribution in [2.24, 2.45) is 0 Å². The monoisotopic (exact) mass is 258 g/mol. The SMILES string of the molecule is C=C[C@@H](O)[C@@H]1OC(C)(C)O[C@H]1[C@H]1COC(C)(C)O1. The van der Waals surface area contributed by atoms with Crippen molar-refractivity contribution in [1.82, 2.24) is 0 Å². The Balaban J connectivity index is 2.12. The first kappa shape index (κ1) is 14.0. The van der Waals surface area contributed by atoms with Crippen molar-refractivity contribution in [2.45, 2.75) is 63.7 Å². The van der Waals surface area contributed by atoms with Crippen LogP contribution in [0.4, 0.5) is 0 Å². The minimum absolute atomic E-state index is 0.249. The van der Waals surface area contributed by atoms with Crippen LogP contribution in [0.3, 0.4) is 0 Å². The van der Waals surface area contributed by atoms with Gasteiger partial charge in [-0.3, -0.25) is 0 Å². The van der Waals surface area contributed by atoms with E-state index in [1.54, 1.807) is 0 Å². The number of ether oxygens (including phenoxy) is 4. The summed E-state index contributed by atoms with van der Waals surface area (Å²) in [6.45, 7) is 11.4. The molecule has 5 heteroatoms. The first-order valence-corrected chi connectivity index (χ1v) is 6.22. The van der Waals surface area contributed by atoms with E-state index in [0.29, 0.717) is 6.61 Å². The zero-order valence-electron chi connectivity index (χ0n) is 11.4. The fourth-order valence-electron chi connectivity index (χ4n) is 2.38. The molecule has 0 unspecified atom stereocenters. The molecule has 0 aromatic carbocycles. The number of rotatable bonds is 3. The van der Waals surface area contributed by atoms with Crippen LogP contribution in [0.2, 0.25) is 0 Å². The topological polar surface area (TPSA) is 57.2 Å². The van der Waals surface area contributed by atoms with Crippen LogP contribution >= 0.6 is 0 Å². The minimum Gasteiger partial charge on any atom is -0.386 e. The lowest BCUT2D eigenvalue weighted by Gasteiger charge is -2.25. The minimum atomic E-state index is -0.788. The van der Waals surface area contributed by atoms with Gasteiger partial charge in [0.15, 0.2) is 11.6 Å². The molecular weight excluding hydrogens is 236 g/mol. The Labute approximate surface area is 108 Å². The zero-order valence-corrected chi connectivity index (χ0v) is 11.4. The van der Waals surface area contributed by atoms with E-state index in [4.69, 9.17) is 18.9 Å². The molecule has 2 fully saturated rings. The summed E-state index contributed by atoms with van der Waals surface area (Å²) in [4.78, 5) is 0. The molecule has 0 aromatic heterocycles. The molecule has 0 radical (unpaired) electrons. The molecule has 5 nitrogen and oxygen atoms in total. The Morgan fingerprint density at radius 2 is 1.83 bits per heavy atom. The molecule has 2 rings (SSSR count). The summed E-state index contributed by atoms with van der Waals surface area (Å²) in [5, 5.41) is 9.93. The molecular formula is C13H22O5. The molecule has 0 saturated carbocycles. The van der Waals surface area contributed by atoms with Crippen LogP contribution in [0.25, 0.3) is 0 Å². The second kappa shape index (κ2) is 4.58. The van der Waals surface area contributed by atoms with Gasteiger partial charge in [0.2, 0.25) is 0 Å². The lowest BCUT2D eigenvalue weighted by molar-refractivity contribution is -0.175. The molecule has 1 N–H and O–H groups in total. The molecule has 104 valence electrons. The highest BCUT2D eigenvalue weighted by molar-refractivity contribution is 4.98. The highest BCUT2D eigenvalue weighted by Crippen LogP contribution is 2.36. The molecule has 18 heavy (non-hydrogen) atoms. The first-order chi connectivity index (χ1) is 8.24. The normalized spacial score (nSPS) is 39.7. The highest BCUT2D eigenvalue weighted by atomic mass is 16.8. The summed E-state index contributed by atoms with van der Waals surface area (Å²) < 4.78 is 22.9. The van der Waals surface area contributed by atoms with Crippen molar-refractivity contribution in [3.63, 3.8) is 0 Å². The second-order valence-corrected chi connectivity index (χ2v) is 5.66. The molecule has 0 spiro atoms. The van der Waals surface area contributed by atoms with Gasteiger partial charge < -0.3 is 24.1 Å². The fourth-order valence-corrected chi connectivity index (χ4v) is 2.38. The van der Waals surface area contributed by atoms with Gasteiger partial charge in [0, 0.05) is 0 Å². The van der Waals surface area contributed by atoms with Gasteiger partial charge in [-0.1, -0.05) is 6.08 Å². The van der Waals surface area contributed by atoms with Crippen LogP contribution < -0.4 is 0 Å². The van der Waals surface area contributed by atoms with Crippen molar-refractivity contribution in [2.75, 3.05) is 6.61 Å². The van der Waals surface area contributed by atoms with Crippen molar-refractivity contribution in [3.05, 3.63) is 12.7 Å². The molecule has 0 aliphatic carbocycles. The third-order valence-corrected chi connectivity index (χ3v) is 3.14. The summed E-state index contributed by atoms with van der Waals surface area (Å²) in [7, 11) is 0. The van der Waals surface area contributed by atoms with Crippen molar-refractivity contribution in [3.8, 4) is 0 Å². The van der Waals surface area contributed by atoms with Gasteiger partial charge in [0.05, 0.1) is 6.61 Å². The van der Waals surface area contributed by atoms with E-state index < -0.39 is 23.8 Å². The first-order valence-electron chi connectivity index (χ1n) is 6.22. The van der Waals surface area contributed by atoms with Gasteiger partial charge in [-0.25, -0.2) is 0 Å². The van der Waals surface area contributed by atoms with Crippen LogP contribution in [0, 0.1) is 0 Å². The second-order valence-electron chi connectivity index (χ2n) is 5.66. The lowest BCUT2D eigenvalue weighted by atomic mass is 10.0. The van der Waals surface area contributed by atoms with Crippen LogP contribution in [0.15, 0.2) is 12.7 Å². The summed E-state index contributed by atoms with van der Waals surface area (Å²) in [5.41, 5.74) is 0. The van der Waals surface area contributed by atoms with Crippen LogP contribution in [0.1, 0.15) is 27.7 Å². The summed E-state index contributed by atoms with van der Waals surface area (Å²) in [6, 6.07) is 0. The van der Waals surface area contributed by atoms with Crippen LogP contribution in [0.5, 0.6) is 0 Å². The zero-order chi connectivity index (χ0) is 13.6. The maximum atomic E-state index is 9.93. The van der Waals surface area contributed by atoms with Gasteiger partial charge in [-0.05, 0) is 27.7 Å². The van der Waals surface area contributed by atoms with Crippen LogP contribution in [-0.4, -0.2) is 47.7 Å². The third-order valence-electron chi connectivity index (χ3n) is 3.14. The summed E-state index contributed by atoms with van der Waals surface area (Å²) >= 11 is 0. The van der Waals surface area contributed by atoms with E-state index in [1.165, 1.54) is 6.08 Å². The van der Waals surface area contributed by atoms with E-state index in [-0.39, 0.29) is 12.2 Å². The predicted molar refractivity (Wildman–Crippen MR) is 64.9 cm³/mol.